The van der Waals surface area contributed by atoms with Crippen molar-refractivity contribution in [3.63, 3.8) is 0 Å². The van der Waals surface area contributed by atoms with E-state index in [1.807, 2.05) is 41.2 Å². The molecular weight excluding hydrogens is 358 g/mol. The Morgan fingerprint density at radius 2 is 1.85 bits per heavy atom. The normalized spacial score (nSPS) is 31.2. The maximum absolute atomic E-state index is 12.7. The highest BCUT2D eigenvalue weighted by Crippen LogP contribution is 2.61. The smallest absolute Gasteiger partial charge is 0.226 e. The molecule has 4 fully saturated rings. The summed E-state index contributed by atoms with van der Waals surface area (Å²) < 4.78 is 1.84. The zero-order valence-electron chi connectivity index (χ0n) is 15.5. The van der Waals surface area contributed by atoms with Crippen LogP contribution in [0, 0.1) is 23.2 Å². The van der Waals surface area contributed by atoms with Crippen molar-refractivity contribution in [1.82, 2.24) is 9.78 Å². The minimum Gasteiger partial charge on any atom is -0.309 e. The highest BCUT2D eigenvalue weighted by Gasteiger charge is 2.51. The molecule has 1 heterocycles. The van der Waals surface area contributed by atoms with Crippen LogP contribution in [0.5, 0.6) is 0 Å². The first kappa shape index (κ1) is 17.3. The van der Waals surface area contributed by atoms with E-state index >= 15 is 0 Å². The summed E-state index contributed by atoms with van der Waals surface area (Å²) in [5.74, 6) is 3.40. The summed E-state index contributed by atoms with van der Waals surface area (Å²) in [4.78, 5) is 12.7. The summed E-state index contributed by atoms with van der Waals surface area (Å²) in [6.07, 6.45) is 10.6. The average Bonchev–Trinajstić information content (AvgIpc) is 2.99. The van der Waals surface area contributed by atoms with Crippen LogP contribution in [-0.4, -0.2) is 15.7 Å². The predicted octanol–water partition coefficient (Wildman–Crippen LogP) is 5.13. The number of benzene rings is 1. The minimum atomic E-state index is 0.130. The molecule has 4 aliphatic carbocycles. The van der Waals surface area contributed by atoms with Crippen LogP contribution in [0.2, 0.25) is 5.02 Å². The fourth-order valence-corrected chi connectivity index (χ4v) is 6.59. The SMILES string of the molecule is O=C(CC12CC3CC(CC(C3)C1)C2)Nc1ccn(Cc2cccc(Cl)c2)n1. The van der Waals surface area contributed by atoms with Crippen molar-refractivity contribution < 1.29 is 4.79 Å². The van der Waals surface area contributed by atoms with Crippen molar-refractivity contribution >= 4 is 23.3 Å². The van der Waals surface area contributed by atoms with E-state index in [2.05, 4.69) is 10.4 Å². The minimum absolute atomic E-state index is 0.130. The zero-order valence-corrected chi connectivity index (χ0v) is 16.3. The number of rotatable bonds is 5. The van der Waals surface area contributed by atoms with Crippen LogP contribution in [0.4, 0.5) is 5.82 Å². The van der Waals surface area contributed by atoms with E-state index in [1.54, 1.807) is 0 Å². The molecule has 2 aromatic rings. The van der Waals surface area contributed by atoms with E-state index in [0.717, 1.165) is 28.3 Å². The summed E-state index contributed by atoms with van der Waals surface area (Å²) in [6.45, 7) is 0.644. The Labute approximate surface area is 165 Å². The van der Waals surface area contributed by atoms with Crippen molar-refractivity contribution in [2.24, 2.45) is 23.2 Å². The van der Waals surface area contributed by atoms with E-state index in [1.165, 1.54) is 38.5 Å². The summed E-state index contributed by atoms with van der Waals surface area (Å²) in [6, 6.07) is 9.65. The molecule has 4 nitrogen and oxygen atoms in total. The number of aromatic nitrogens is 2. The van der Waals surface area contributed by atoms with Crippen LogP contribution in [0.15, 0.2) is 36.5 Å². The Balaban J connectivity index is 1.21. The summed E-state index contributed by atoms with van der Waals surface area (Å²) in [5.41, 5.74) is 1.36. The monoisotopic (exact) mass is 383 g/mol. The molecular formula is C22H26ClN3O. The molecule has 4 saturated carbocycles. The molecule has 0 radical (unpaired) electrons. The molecule has 0 spiro atoms. The maximum atomic E-state index is 12.7. The molecule has 6 rings (SSSR count). The number of anilines is 1. The number of carbonyl (C=O) groups excluding carboxylic acids is 1. The quantitative estimate of drug-likeness (QED) is 0.777. The van der Waals surface area contributed by atoms with E-state index < -0.39 is 0 Å². The molecule has 0 unspecified atom stereocenters. The molecule has 1 aromatic carbocycles. The molecule has 4 bridgehead atoms. The molecule has 4 aliphatic rings. The van der Waals surface area contributed by atoms with Gasteiger partial charge in [0, 0.05) is 23.7 Å². The molecule has 0 saturated heterocycles. The first-order chi connectivity index (χ1) is 13.1. The van der Waals surface area contributed by atoms with Gasteiger partial charge in [-0.15, -0.1) is 0 Å². The van der Waals surface area contributed by atoms with Gasteiger partial charge in [0.15, 0.2) is 5.82 Å². The van der Waals surface area contributed by atoms with Crippen LogP contribution in [-0.2, 0) is 11.3 Å². The van der Waals surface area contributed by atoms with Gasteiger partial charge in [0.05, 0.1) is 6.54 Å². The molecule has 1 amide bonds. The topological polar surface area (TPSA) is 46.9 Å². The van der Waals surface area contributed by atoms with Gasteiger partial charge in [-0.3, -0.25) is 9.48 Å². The standard InChI is InChI=1S/C22H26ClN3O/c23-19-3-1-2-15(9-19)14-26-5-4-20(25-26)24-21(27)13-22-10-16-6-17(11-22)8-18(7-16)12-22/h1-5,9,16-18H,6-8,10-14H2,(H,24,25,27). The van der Waals surface area contributed by atoms with Crippen molar-refractivity contribution in [3.8, 4) is 0 Å². The second-order valence-corrected chi connectivity index (χ2v) is 9.61. The Bertz CT molecular complexity index is 823. The van der Waals surface area contributed by atoms with Gasteiger partial charge in [-0.05, 0) is 79.4 Å². The highest BCUT2D eigenvalue weighted by atomic mass is 35.5. The van der Waals surface area contributed by atoms with Crippen molar-refractivity contribution in [2.75, 3.05) is 5.32 Å². The fraction of sp³-hybridized carbons (Fsp3) is 0.545. The number of nitrogens with zero attached hydrogens (tertiary/aromatic N) is 2. The van der Waals surface area contributed by atoms with E-state index in [9.17, 15) is 4.79 Å². The fourth-order valence-electron chi connectivity index (χ4n) is 6.37. The summed E-state index contributed by atoms with van der Waals surface area (Å²) in [7, 11) is 0. The van der Waals surface area contributed by atoms with Gasteiger partial charge in [0.25, 0.3) is 0 Å². The lowest BCUT2D eigenvalue weighted by molar-refractivity contribution is -0.124. The van der Waals surface area contributed by atoms with Gasteiger partial charge in [-0.2, -0.15) is 5.10 Å². The Hall–Kier alpha value is -1.81. The van der Waals surface area contributed by atoms with Crippen LogP contribution >= 0.6 is 11.6 Å². The molecule has 0 atom stereocenters. The molecule has 5 heteroatoms. The average molecular weight is 384 g/mol. The number of hydrogen-bond acceptors (Lipinski definition) is 2. The lowest BCUT2D eigenvalue weighted by atomic mass is 9.49. The van der Waals surface area contributed by atoms with Gasteiger partial charge in [-0.1, -0.05) is 23.7 Å². The van der Waals surface area contributed by atoms with Gasteiger partial charge in [-0.25, -0.2) is 0 Å². The number of hydrogen-bond donors (Lipinski definition) is 1. The Kier molecular flexibility index (Phi) is 4.27. The maximum Gasteiger partial charge on any atom is 0.226 e. The first-order valence-electron chi connectivity index (χ1n) is 10.1. The van der Waals surface area contributed by atoms with Gasteiger partial charge in [0.2, 0.25) is 5.91 Å². The lowest BCUT2D eigenvalue weighted by Gasteiger charge is -2.56. The van der Waals surface area contributed by atoms with E-state index in [4.69, 9.17) is 11.6 Å². The molecule has 142 valence electrons. The van der Waals surface area contributed by atoms with Crippen molar-refractivity contribution in [3.05, 3.63) is 47.1 Å². The number of carbonyl (C=O) groups is 1. The molecule has 27 heavy (non-hydrogen) atoms. The van der Waals surface area contributed by atoms with Crippen LogP contribution in [0.1, 0.15) is 50.5 Å². The number of amides is 1. The first-order valence-corrected chi connectivity index (χ1v) is 10.5. The van der Waals surface area contributed by atoms with Crippen molar-refractivity contribution in [1.29, 1.82) is 0 Å². The number of halogens is 1. The van der Waals surface area contributed by atoms with Crippen molar-refractivity contribution in [2.45, 2.75) is 51.5 Å². The largest absolute Gasteiger partial charge is 0.309 e. The van der Waals surface area contributed by atoms with E-state index in [-0.39, 0.29) is 11.3 Å². The third kappa shape index (κ3) is 3.64. The molecule has 0 aliphatic heterocycles. The Morgan fingerprint density at radius 1 is 1.15 bits per heavy atom. The lowest BCUT2D eigenvalue weighted by Crippen LogP contribution is -2.47. The Morgan fingerprint density at radius 3 is 2.52 bits per heavy atom. The van der Waals surface area contributed by atoms with E-state index in [0.29, 0.717) is 18.8 Å². The number of nitrogens with one attached hydrogen (secondary N) is 1. The molecule has 1 N–H and O–H groups in total. The van der Waals surface area contributed by atoms with Gasteiger partial charge in [0.1, 0.15) is 0 Å². The van der Waals surface area contributed by atoms with Gasteiger partial charge >= 0.3 is 0 Å². The van der Waals surface area contributed by atoms with Crippen LogP contribution in [0.3, 0.4) is 0 Å². The summed E-state index contributed by atoms with van der Waals surface area (Å²) in [5, 5.41) is 8.27. The summed E-state index contributed by atoms with van der Waals surface area (Å²) >= 11 is 6.05. The van der Waals surface area contributed by atoms with Crippen LogP contribution in [0.25, 0.3) is 0 Å². The van der Waals surface area contributed by atoms with Gasteiger partial charge < -0.3 is 5.32 Å². The second kappa shape index (κ2) is 6.66. The zero-order chi connectivity index (χ0) is 18.4. The molecule has 1 aromatic heterocycles. The third-order valence-electron chi connectivity index (χ3n) is 6.84. The second-order valence-electron chi connectivity index (χ2n) is 9.17. The highest BCUT2D eigenvalue weighted by molar-refractivity contribution is 6.30. The third-order valence-corrected chi connectivity index (χ3v) is 7.08. The van der Waals surface area contributed by atoms with Crippen LogP contribution < -0.4 is 5.32 Å². The predicted molar refractivity (Wildman–Crippen MR) is 107 cm³/mol.